The molecule has 2 heterocycles. The van der Waals surface area contributed by atoms with Gasteiger partial charge in [-0.15, -0.1) is 0 Å². The second kappa shape index (κ2) is 6.78. The summed E-state index contributed by atoms with van der Waals surface area (Å²) in [5.41, 5.74) is -0.174. The number of nitrogens with one attached hydrogen (secondary N) is 1. The number of nitrogens with zero attached hydrogens (tertiary/aromatic N) is 3. The first-order chi connectivity index (χ1) is 10.1. The summed E-state index contributed by atoms with van der Waals surface area (Å²) in [6.07, 6.45) is 3.25. The zero-order valence-corrected chi connectivity index (χ0v) is 11.1. The molecule has 2 aromatic rings. The zero-order valence-electron chi connectivity index (χ0n) is 11.1. The van der Waals surface area contributed by atoms with Crippen molar-refractivity contribution in [1.82, 2.24) is 19.7 Å². The number of amides is 1. The van der Waals surface area contributed by atoms with E-state index in [1.165, 1.54) is 16.7 Å². The summed E-state index contributed by atoms with van der Waals surface area (Å²) >= 11 is 0. The molecule has 1 amide bonds. The van der Waals surface area contributed by atoms with E-state index >= 15 is 0 Å². The summed E-state index contributed by atoms with van der Waals surface area (Å²) in [5, 5.41) is 6.03. The van der Waals surface area contributed by atoms with Gasteiger partial charge in [0.1, 0.15) is 5.69 Å². The van der Waals surface area contributed by atoms with Gasteiger partial charge in [0.25, 0.3) is 5.91 Å². The number of aromatic nitrogens is 3. The Morgan fingerprint density at radius 1 is 1.29 bits per heavy atom. The Labute approximate surface area is 119 Å². The first-order valence-electron chi connectivity index (χ1n) is 6.35. The van der Waals surface area contributed by atoms with Crippen molar-refractivity contribution in [2.75, 3.05) is 6.54 Å². The molecule has 21 heavy (non-hydrogen) atoms. The van der Waals surface area contributed by atoms with E-state index in [1.807, 2.05) is 0 Å². The Kier molecular flexibility index (Phi) is 4.81. The first-order valence-corrected chi connectivity index (χ1v) is 6.35. The van der Waals surface area contributed by atoms with Gasteiger partial charge in [0.05, 0.1) is 0 Å². The molecule has 0 radical (unpaired) electrons. The van der Waals surface area contributed by atoms with Gasteiger partial charge in [-0.2, -0.15) is 13.9 Å². The van der Waals surface area contributed by atoms with E-state index in [0.29, 0.717) is 24.2 Å². The average Bonchev–Trinajstić information content (AvgIpc) is 2.95. The van der Waals surface area contributed by atoms with Gasteiger partial charge in [0, 0.05) is 31.5 Å². The van der Waals surface area contributed by atoms with Crippen LogP contribution in [-0.2, 0) is 6.54 Å². The van der Waals surface area contributed by atoms with Crippen LogP contribution in [0, 0.1) is 0 Å². The van der Waals surface area contributed by atoms with Crippen molar-refractivity contribution in [3.63, 3.8) is 0 Å². The molecule has 0 aliphatic heterocycles. The van der Waals surface area contributed by atoms with Crippen LogP contribution in [0.3, 0.4) is 0 Å². The monoisotopic (exact) mass is 296 g/mol. The summed E-state index contributed by atoms with van der Waals surface area (Å²) in [5.74, 6) is -0.519. The topological polar surface area (TPSA) is 68.9 Å². The summed E-state index contributed by atoms with van der Waals surface area (Å²) in [4.78, 5) is 23.1. The lowest BCUT2D eigenvalue weighted by Crippen LogP contribution is -2.27. The molecule has 2 aromatic heterocycles. The van der Waals surface area contributed by atoms with Gasteiger partial charge in [-0.25, -0.2) is 4.68 Å². The third-order valence-corrected chi connectivity index (χ3v) is 2.80. The van der Waals surface area contributed by atoms with Gasteiger partial charge >= 0.3 is 6.55 Å². The molecule has 0 aliphatic carbocycles. The highest BCUT2D eigenvalue weighted by Crippen LogP contribution is 2.08. The number of carbonyl (C=O) groups is 1. The number of aryl methyl sites for hydroxylation is 1. The van der Waals surface area contributed by atoms with E-state index < -0.39 is 12.5 Å². The number of pyridine rings is 1. The number of rotatable bonds is 6. The predicted octanol–water partition coefficient (Wildman–Crippen LogP) is 1.26. The zero-order chi connectivity index (χ0) is 15.2. The van der Waals surface area contributed by atoms with Gasteiger partial charge in [-0.05, 0) is 18.6 Å². The summed E-state index contributed by atoms with van der Waals surface area (Å²) in [6, 6.07) is 6.08. The lowest BCUT2D eigenvalue weighted by molar-refractivity contribution is 0.0560. The van der Waals surface area contributed by atoms with E-state index in [1.54, 1.807) is 18.3 Å². The Balaban J connectivity index is 1.79. The van der Waals surface area contributed by atoms with Crippen LogP contribution in [0.2, 0.25) is 0 Å². The number of carbonyl (C=O) groups excluding carboxylic acids is 1. The molecule has 2 rings (SSSR count). The van der Waals surface area contributed by atoms with E-state index in [2.05, 4.69) is 10.4 Å². The molecular weight excluding hydrogens is 282 g/mol. The smallest absolute Gasteiger partial charge is 0.333 e. The van der Waals surface area contributed by atoms with E-state index in [0.717, 1.165) is 6.20 Å². The molecule has 0 aliphatic rings. The van der Waals surface area contributed by atoms with Crippen LogP contribution >= 0.6 is 0 Å². The molecule has 0 spiro atoms. The third-order valence-electron chi connectivity index (χ3n) is 2.80. The molecule has 0 bridgehead atoms. The third kappa shape index (κ3) is 3.98. The van der Waals surface area contributed by atoms with Gasteiger partial charge in [0.15, 0.2) is 0 Å². The van der Waals surface area contributed by atoms with Gasteiger partial charge in [-0.3, -0.25) is 9.59 Å². The van der Waals surface area contributed by atoms with Crippen LogP contribution in [0.4, 0.5) is 8.78 Å². The standard InChI is InChI=1S/C13H14F2N4O2/c14-13(15)19-9-5-10(17-19)12(21)16-6-3-8-18-7-2-1-4-11(18)20/h1-2,4-5,7,9,13H,3,6,8H2,(H,16,21). The number of alkyl halides is 2. The fourth-order valence-electron chi connectivity index (χ4n) is 1.76. The molecule has 1 N–H and O–H groups in total. The summed E-state index contributed by atoms with van der Waals surface area (Å²) in [7, 11) is 0. The van der Waals surface area contributed by atoms with Gasteiger partial charge in [0.2, 0.25) is 5.56 Å². The number of hydrogen-bond donors (Lipinski definition) is 1. The predicted molar refractivity (Wildman–Crippen MR) is 71.1 cm³/mol. The molecule has 0 atom stereocenters. The van der Waals surface area contributed by atoms with Crippen molar-refractivity contribution in [3.05, 3.63) is 52.7 Å². The maximum atomic E-state index is 12.3. The largest absolute Gasteiger partial charge is 0.351 e. The van der Waals surface area contributed by atoms with Crippen LogP contribution in [-0.4, -0.2) is 26.8 Å². The van der Waals surface area contributed by atoms with Gasteiger partial charge < -0.3 is 9.88 Å². The number of halogens is 2. The lowest BCUT2D eigenvalue weighted by Gasteiger charge is -2.05. The van der Waals surface area contributed by atoms with Crippen LogP contribution in [0.1, 0.15) is 23.5 Å². The highest BCUT2D eigenvalue weighted by Gasteiger charge is 2.12. The quantitative estimate of drug-likeness (QED) is 0.816. The van der Waals surface area contributed by atoms with Crippen molar-refractivity contribution >= 4 is 5.91 Å². The van der Waals surface area contributed by atoms with Crippen LogP contribution in [0.15, 0.2) is 41.5 Å². The van der Waals surface area contributed by atoms with Crippen molar-refractivity contribution in [2.45, 2.75) is 19.5 Å². The second-order valence-corrected chi connectivity index (χ2v) is 4.30. The molecule has 0 aromatic carbocycles. The molecule has 8 heteroatoms. The highest BCUT2D eigenvalue weighted by atomic mass is 19.3. The normalized spacial score (nSPS) is 10.8. The molecule has 0 unspecified atom stereocenters. The van der Waals surface area contributed by atoms with E-state index in [9.17, 15) is 18.4 Å². The van der Waals surface area contributed by atoms with E-state index in [-0.39, 0.29) is 11.3 Å². The Morgan fingerprint density at radius 3 is 2.76 bits per heavy atom. The summed E-state index contributed by atoms with van der Waals surface area (Å²) in [6.45, 7) is -1.98. The summed E-state index contributed by atoms with van der Waals surface area (Å²) < 4.78 is 26.6. The minimum absolute atomic E-state index is 0.0628. The Bertz CT molecular complexity index is 666. The van der Waals surface area contributed by atoms with Crippen molar-refractivity contribution < 1.29 is 13.6 Å². The molecule has 112 valence electrons. The SMILES string of the molecule is O=C(NCCCn1ccccc1=O)c1ccn(C(F)F)n1. The van der Waals surface area contributed by atoms with Crippen molar-refractivity contribution in [3.8, 4) is 0 Å². The Morgan fingerprint density at radius 2 is 2.10 bits per heavy atom. The molecule has 0 fully saturated rings. The minimum Gasteiger partial charge on any atom is -0.351 e. The first kappa shape index (κ1) is 14.9. The Hall–Kier alpha value is -2.51. The van der Waals surface area contributed by atoms with Crippen molar-refractivity contribution in [2.24, 2.45) is 0 Å². The second-order valence-electron chi connectivity index (χ2n) is 4.30. The fourth-order valence-corrected chi connectivity index (χ4v) is 1.76. The molecule has 0 saturated carbocycles. The van der Waals surface area contributed by atoms with Crippen LogP contribution in [0.5, 0.6) is 0 Å². The maximum absolute atomic E-state index is 12.3. The van der Waals surface area contributed by atoms with E-state index in [4.69, 9.17) is 0 Å². The fraction of sp³-hybridized carbons (Fsp3) is 0.308. The highest BCUT2D eigenvalue weighted by molar-refractivity contribution is 5.92. The van der Waals surface area contributed by atoms with Crippen molar-refractivity contribution in [1.29, 1.82) is 0 Å². The molecule has 0 saturated heterocycles. The van der Waals surface area contributed by atoms with Crippen LogP contribution < -0.4 is 10.9 Å². The minimum atomic E-state index is -2.77. The lowest BCUT2D eigenvalue weighted by atomic mass is 10.3. The van der Waals surface area contributed by atoms with Gasteiger partial charge in [-0.1, -0.05) is 6.07 Å². The maximum Gasteiger partial charge on any atom is 0.333 e. The average molecular weight is 296 g/mol. The molecule has 6 nitrogen and oxygen atoms in total. The number of hydrogen-bond acceptors (Lipinski definition) is 3. The molecular formula is C13H14F2N4O2. The van der Waals surface area contributed by atoms with Crippen LogP contribution in [0.25, 0.3) is 0 Å².